The highest BCUT2D eigenvalue weighted by molar-refractivity contribution is 5.72. The molecule has 0 fully saturated rings. The van der Waals surface area contributed by atoms with Crippen LogP contribution < -0.4 is 0 Å². The molecule has 0 amide bonds. The summed E-state index contributed by atoms with van der Waals surface area (Å²) in [5.41, 5.74) is 0. The number of carbonyl (C=O) groups is 4. The van der Waals surface area contributed by atoms with Gasteiger partial charge < -0.3 is 18.9 Å². The van der Waals surface area contributed by atoms with E-state index < -0.39 is 23.9 Å². The van der Waals surface area contributed by atoms with E-state index in [4.69, 9.17) is 18.9 Å². The van der Waals surface area contributed by atoms with Crippen LogP contribution >= 0.6 is 0 Å². The third-order valence-electron chi connectivity index (χ3n) is 3.18. The van der Waals surface area contributed by atoms with Gasteiger partial charge in [0, 0.05) is 26.7 Å². The Balaban J connectivity index is 2.83. The van der Waals surface area contributed by atoms with E-state index in [9.17, 15) is 19.2 Å². The number of allylic oxidation sites excluding steroid dienone is 4. The van der Waals surface area contributed by atoms with Crippen molar-refractivity contribution in [3.05, 3.63) is 48.0 Å². The van der Waals surface area contributed by atoms with E-state index in [1.807, 2.05) is 0 Å². The lowest BCUT2D eigenvalue weighted by molar-refractivity contribution is -0.144. The Morgan fingerprint density at radius 2 is 1.18 bits per heavy atom. The van der Waals surface area contributed by atoms with E-state index in [0.29, 0.717) is 11.5 Å². The number of hydrogen-bond acceptors (Lipinski definition) is 8. The van der Waals surface area contributed by atoms with Crippen LogP contribution in [0.25, 0.3) is 0 Å². The predicted octanol–water partition coefficient (Wildman–Crippen LogP) is 2.65. The van der Waals surface area contributed by atoms with Crippen LogP contribution in [0.1, 0.15) is 39.5 Å². The standard InChI is InChI=1S/C20H24O8/c1-15(21)27-17-7-3-5-9-20(24)26-14-12-18(28-16(2)22)8-4-6-10-19(23)25-13-11-17/h3-8H,9-14H2,1-2H3/b5-3-,6-4-,17-7-,18-8-. The highest BCUT2D eigenvalue weighted by Gasteiger charge is 2.07. The van der Waals surface area contributed by atoms with Crippen LogP contribution in [0.15, 0.2) is 48.0 Å². The van der Waals surface area contributed by atoms with Crippen LogP contribution in [0.5, 0.6) is 0 Å². The Morgan fingerprint density at radius 3 is 1.54 bits per heavy atom. The Hall–Kier alpha value is -3.16. The molecule has 0 bridgehead atoms. The number of carbonyl (C=O) groups excluding carboxylic acids is 4. The lowest BCUT2D eigenvalue weighted by atomic mass is 10.3. The minimum atomic E-state index is -0.495. The van der Waals surface area contributed by atoms with Gasteiger partial charge in [0.1, 0.15) is 11.5 Å². The van der Waals surface area contributed by atoms with Crippen molar-refractivity contribution in [1.29, 1.82) is 0 Å². The quantitative estimate of drug-likeness (QED) is 0.522. The van der Waals surface area contributed by atoms with Gasteiger partial charge in [-0.1, -0.05) is 24.3 Å². The van der Waals surface area contributed by atoms with Crippen LogP contribution in [-0.4, -0.2) is 37.1 Å². The van der Waals surface area contributed by atoms with Gasteiger partial charge in [-0.15, -0.1) is 0 Å². The van der Waals surface area contributed by atoms with Gasteiger partial charge in [0.15, 0.2) is 0 Å². The second kappa shape index (κ2) is 13.1. The zero-order valence-electron chi connectivity index (χ0n) is 16.0. The van der Waals surface area contributed by atoms with Gasteiger partial charge in [-0.05, 0) is 12.2 Å². The molecule has 0 aromatic carbocycles. The molecule has 0 saturated heterocycles. The maximum absolute atomic E-state index is 11.7. The van der Waals surface area contributed by atoms with Crippen molar-refractivity contribution in [2.75, 3.05) is 13.2 Å². The van der Waals surface area contributed by atoms with Crippen LogP contribution in [0.3, 0.4) is 0 Å². The van der Waals surface area contributed by atoms with Crippen LogP contribution in [0, 0.1) is 0 Å². The van der Waals surface area contributed by atoms with Gasteiger partial charge in [-0.2, -0.15) is 0 Å². The second-order valence-corrected chi connectivity index (χ2v) is 5.66. The van der Waals surface area contributed by atoms with E-state index in [2.05, 4.69) is 0 Å². The minimum Gasteiger partial charge on any atom is -0.465 e. The monoisotopic (exact) mass is 392 g/mol. The van der Waals surface area contributed by atoms with Gasteiger partial charge in [0.2, 0.25) is 0 Å². The number of ether oxygens (including phenoxy) is 4. The summed E-state index contributed by atoms with van der Waals surface area (Å²) < 4.78 is 20.2. The van der Waals surface area contributed by atoms with Gasteiger partial charge in [0.05, 0.1) is 26.1 Å². The molecule has 28 heavy (non-hydrogen) atoms. The molecule has 1 rings (SSSR count). The molecule has 1 aliphatic rings. The highest BCUT2D eigenvalue weighted by atomic mass is 16.6. The van der Waals surface area contributed by atoms with E-state index in [1.165, 1.54) is 26.0 Å². The summed E-state index contributed by atoms with van der Waals surface area (Å²) in [6.45, 7) is 2.61. The van der Waals surface area contributed by atoms with Gasteiger partial charge >= 0.3 is 23.9 Å². The highest BCUT2D eigenvalue weighted by Crippen LogP contribution is 2.08. The summed E-state index contributed by atoms with van der Waals surface area (Å²) in [5, 5.41) is 0. The number of rotatable bonds is 2. The van der Waals surface area contributed by atoms with E-state index >= 15 is 0 Å². The zero-order valence-corrected chi connectivity index (χ0v) is 16.0. The fourth-order valence-corrected chi connectivity index (χ4v) is 2.03. The topological polar surface area (TPSA) is 105 Å². The first-order chi connectivity index (χ1) is 13.4. The summed E-state index contributed by atoms with van der Waals surface area (Å²) >= 11 is 0. The smallest absolute Gasteiger partial charge is 0.309 e. The third kappa shape index (κ3) is 11.5. The van der Waals surface area contributed by atoms with Crippen molar-refractivity contribution in [3.8, 4) is 0 Å². The van der Waals surface area contributed by atoms with Crippen molar-refractivity contribution in [3.63, 3.8) is 0 Å². The van der Waals surface area contributed by atoms with Crippen LogP contribution in [0.4, 0.5) is 0 Å². The third-order valence-corrected chi connectivity index (χ3v) is 3.18. The van der Waals surface area contributed by atoms with Crippen LogP contribution in [-0.2, 0) is 38.1 Å². The first kappa shape index (κ1) is 22.9. The summed E-state index contributed by atoms with van der Waals surface area (Å²) in [6.07, 6.45) is 9.70. The molecule has 0 aromatic heterocycles. The SMILES string of the molecule is CC(=O)O/C1=C\C=C/CC(=O)OCC/C(OC(C)=O)=C/C=C\CC(=O)OCC1. The Kier molecular flexibility index (Phi) is 10.7. The second-order valence-electron chi connectivity index (χ2n) is 5.66. The minimum absolute atomic E-state index is 0.0192. The summed E-state index contributed by atoms with van der Waals surface area (Å²) in [7, 11) is 0. The molecule has 0 radical (unpaired) electrons. The lowest BCUT2D eigenvalue weighted by Crippen LogP contribution is -2.08. The largest absolute Gasteiger partial charge is 0.465 e. The Morgan fingerprint density at radius 1 is 0.786 bits per heavy atom. The molecule has 0 spiro atoms. The summed E-state index contributed by atoms with van der Waals surface area (Å²) in [4.78, 5) is 45.7. The summed E-state index contributed by atoms with van der Waals surface area (Å²) in [5.74, 6) is -1.26. The molecular formula is C20H24O8. The van der Waals surface area contributed by atoms with Gasteiger partial charge in [-0.3, -0.25) is 19.2 Å². The van der Waals surface area contributed by atoms with E-state index in [1.54, 1.807) is 24.3 Å². The lowest BCUT2D eigenvalue weighted by Gasteiger charge is -2.08. The molecule has 0 atom stereocenters. The van der Waals surface area contributed by atoms with Crippen molar-refractivity contribution >= 4 is 23.9 Å². The fraction of sp³-hybridized carbons (Fsp3) is 0.400. The maximum Gasteiger partial charge on any atom is 0.309 e. The number of hydrogen-bond donors (Lipinski definition) is 0. The predicted molar refractivity (Wildman–Crippen MR) is 98.4 cm³/mol. The number of cyclic esters (lactones) is 2. The molecule has 0 aliphatic carbocycles. The molecule has 1 aliphatic heterocycles. The van der Waals surface area contributed by atoms with Gasteiger partial charge in [0.25, 0.3) is 0 Å². The average Bonchev–Trinajstić information content (AvgIpc) is 2.60. The molecule has 0 aromatic rings. The molecule has 1 heterocycles. The molecule has 0 saturated carbocycles. The maximum atomic E-state index is 11.7. The molecule has 8 nitrogen and oxygen atoms in total. The van der Waals surface area contributed by atoms with Crippen LogP contribution in [0.2, 0.25) is 0 Å². The van der Waals surface area contributed by atoms with Crippen molar-refractivity contribution in [2.45, 2.75) is 39.5 Å². The Bertz CT molecular complexity index is 637. The van der Waals surface area contributed by atoms with Crippen molar-refractivity contribution < 1.29 is 38.1 Å². The van der Waals surface area contributed by atoms with E-state index in [-0.39, 0.29) is 38.9 Å². The molecule has 0 N–H and O–H groups in total. The number of esters is 4. The summed E-state index contributed by atoms with van der Waals surface area (Å²) in [6, 6.07) is 0. The normalized spacial score (nSPS) is 23.2. The fourth-order valence-electron chi connectivity index (χ4n) is 2.03. The first-order valence-electron chi connectivity index (χ1n) is 8.76. The van der Waals surface area contributed by atoms with Crippen molar-refractivity contribution in [1.82, 2.24) is 0 Å². The molecular weight excluding hydrogens is 368 g/mol. The Labute approximate surface area is 163 Å². The molecule has 0 unspecified atom stereocenters. The molecule has 8 heteroatoms. The molecule has 152 valence electrons. The van der Waals surface area contributed by atoms with Crippen molar-refractivity contribution in [2.24, 2.45) is 0 Å². The van der Waals surface area contributed by atoms with E-state index in [0.717, 1.165) is 0 Å². The zero-order chi connectivity index (χ0) is 20.8. The first-order valence-corrected chi connectivity index (χ1v) is 8.76. The average molecular weight is 392 g/mol. The van der Waals surface area contributed by atoms with Gasteiger partial charge in [-0.25, -0.2) is 0 Å².